The number of halogens is 2. The van der Waals surface area contributed by atoms with Gasteiger partial charge in [-0.1, -0.05) is 28.1 Å². The second-order valence-corrected chi connectivity index (χ2v) is 5.96. The molecule has 0 unspecified atom stereocenters. The molecular weight excluding hydrogens is 391 g/mol. The maximum atomic E-state index is 5.15. The standard InChI is InChI=1S/C14H12BrIO/c1-17-14-4-2-10(3-5-14)6-11-7-12(15)9-13(16)8-11/h2-5,7-9H,6H2,1H3. The highest BCUT2D eigenvalue weighted by molar-refractivity contribution is 14.1. The minimum absolute atomic E-state index is 0.901. The number of ether oxygens (including phenoxy) is 1. The summed E-state index contributed by atoms with van der Waals surface area (Å²) in [5.41, 5.74) is 2.61. The summed E-state index contributed by atoms with van der Waals surface area (Å²) in [5.74, 6) is 0.901. The molecule has 0 aliphatic rings. The predicted molar refractivity (Wildman–Crippen MR) is 82.7 cm³/mol. The van der Waals surface area contributed by atoms with Gasteiger partial charge in [-0.3, -0.25) is 0 Å². The summed E-state index contributed by atoms with van der Waals surface area (Å²) >= 11 is 5.86. The Kier molecular flexibility index (Phi) is 4.45. The Morgan fingerprint density at radius 3 is 2.35 bits per heavy atom. The van der Waals surface area contributed by atoms with E-state index in [4.69, 9.17) is 4.74 Å². The van der Waals surface area contributed by atoms with E-state index >= 15 is 0 Å². The van der Waals surface area contributed by atoms with E-state index in [1.165, 1.54) is 14.7 Å². The molecule has 1 nitrogen and oxygen atoms in total. The topological polar surface area (TPSA) is 9.23 Å². The molecular formula is C14H12BrIO. The maximum Gasteiger partial charge on any atom is 0.118 e. The van der Waals surface area contributed by atoms with Crippen LogP contribution in [0.5, 0.6) is 5.75 Å². The molecule has 0 spiro atoms. The molecule has 3 heteroatoms. The Labute approximate surface area is 123 Å². The van der Waals surface area contributed by atoms with Crippen molar-refractivity contribution in [2.24, 2.45) is 0 Å². The highest BCUT2D eigenvalue weighted by Gasteiger charge is 2.00. The molecule has 2 aromatic carbocycles. The quantitative estimate of drug-likeness (QED) is 0.679. The van der Waals surface area contributed by atoms with Gasteiger partial charge in [0, 0.05) is 8.04 Å². The van der Waals surface area contributed by atoms with Crippen molar-refractivity contribution in [3.05, 3.63) is 61.6 Å². The van der Waals surface area contributed by atoms with E-state index in [-0.39, 0.29) is 0 Å². The molecule has 88 valence electrons. The maximum absolute atomic E-state index is 5.15. The number of hydrogen-bond donors (Lipinski definition) is 0. The summed E-state index contributed by atoms with van der Waals surface area (Å²) in [6, 6.07) is 14.7. The Hall–Kier alpha value is -0.550. The third-order valence-corrected chi connectivity index (χ3v) is 3.57. The lowest BCUT2D eigenvalue weighted by Crippen LogP contribution is -1.90. The average Bonchev–Trinajstić information content (AvgIpc) is 2.28. The number of benzene rings is 2. The first-order chi connectivity index (χ1) is 8.17. The van der Waals surface area contributed by atoms with Crippen LogP contribution in [0.4, 0.5) is 0 Å². The zero-order valence-electron chi connectivity index (χ0n) is 9.41. The molecule has 0 bridgehead atoms. The van der Waals surface area contributed by atoms with Crippen molar-refractivity contribution in [3.8, 4) is 5.75 Å². The van der Waals surface area contributed by atoms with Crippen LogP contribution in [0.3, 0.4) is 0 Å². The molecule has 0 atom stereocenters. The van der Waals surface area contributed by atoms with Crippen LogP contribution in [0.1, 0.15) is 11.1 Å². The molecule has 0 aliphatic carbocycles. The lowest BCUT2D eigenvalue weighted by Gasteiger charge is -2.05. The van der Waals surface area contributed by atoms with Crippen molar-refractivity contribution in [1.82, 2.24) is 0 Å². The normalized spacial score (nSPS) is 10.3. The van der Waals surface area contributed by atoms with Crippen molar-refractivity contribution in [3.63, 3.8) is 0 Å². The van der Waals surface area contributed by atoms with Gasteiger partial charge in [0.15, 0.2) is 0 Å². The summed E-state index contributed by atoms with van der Waals surface area (Å²) in [4.78, 5) is 0. The molecule has 0 heterocycles. The first kappa shape index (κ1) is 12.9. The first-order valence-electron chi connectivity index (χ1n) is 5.25. The van der Waals surface area contributed by atoms with Crippen molar-refractivity contribution < 1.29 is 4.74 Å². The lowest BCUT2D eigenvalue weighted by molar-refractivity contribution is 0.414. The minimum atomic E-state index is 0.901. The van der Waals surface area contributed by atoms with E-state index < -0.39 is 0 Å². The molecule has 2 aromatic rings. The van der Waals surface area contributed by atoms with Gasteiger partial charge in [-0.2, -0.15) is 0 Å². The predicted octanol–water partition coefficient (Wildman–Crippen LogP) is 4.65. The van der Waals surface area contributed by atoms with Crippen LogP contribution >= 0.6 is 38.5 Å². The molecule has 0 amide bonds. The van der Waals surface area contributed by atoms with Gasteiger partial charge < -0.3 is 4.74 Å². The largest absolute Gasteiger partial charge is 0.497 e. The lowest BCUT2D eigenvalue weighted by atomic mass is 10.1. The fourth-order valence-corrected chi connectivity index (χ4v) is 3.40. The van der Waals surface area contributed by atoms with Gasteiger partial charge >= 0.3 is 0 Å². The second-order valence-electron chi connectivity index (χ2n) is 3.80. The highest BCUT2D eigenvalue weighted by atomic mass is 127. The van der Waals surface area contributed by atoms with Crippen molar-refractivity contribution in [2.45, 2.75) is 6.42 Å². The van der Waals surface area contributed by atoms with Crippen LogP contribution < -0.4 is 4.74 Å². The van der Waals surface area contributed by atoms with E-state index in [1.54, 1.807) is 7.11 Å². The SMILES string of the molecule is COc1ccc(Cc2cc(Br)cc(I)c2)cc1. The molecule has 0 aromatic heterocycles. The summed E-state index contributed by atoms with van der Waals surface area (Å²) < 4.78 is 7.53. The highest BCUT2D eigenvalue weighted by Crippen LogP contribution is 2.20. The molecule has 0 N–H and O–H groups in total. The van der Waals surface area contributed by atoms with Gasteiger partial charge in [-0.05, 0) is 70.5 Å². The first-order valence-corrected chi connectivity index (χ1v) is 7.12. The Morgan fingerprint density at radius 2 is 1.76 bits per heavy atom. The average molecular weight is 403 g/mol. The molecule has 0 aliphatic heterocycles. The zero-order chi connectivity index (χ0) is 12.3. The number of rotatable bonds is 3. The van der Waals surface area contributed by atoms with Gasteiger partial charge in [0.25, 0.3) is 0 Å². The van der Waals surface area contributed by atoms with Crippen LogP contribution in [-0.4, -0.2) is 7.11 Å². The van der Waals surface area contributed by atoms with Crippen molar-refractivity contribution >= 4 is 38.5 Å². The van der Waals surface area contributed by atoms with Gasteiger partial charge in [-0.15, -0.1) is 0 Å². The third kappa shape index (κ3) is 3.71. The Bertz CT molecular complexity index is 488. The Balaban J connectivity index is 2.19. The van der Waals surface area contributed by atoms with Crippen LogP contribution in [0.25, 0.3) is 0 Å². The van der Waals surface area contributed by atoms with Crippen molar-refractivity contribution in [2.75, 3.05) is 7.11 Å². The molecule has 2 rings (SSSR count). The molecule has 0 radical (unpaired) electrons. The Morgan fingerprint density at radius 1 is 1.06 bits per heavy atom. The van der Waals surface area contributed by atoms with Gasteiger partial charge in [-0.25, -0.2) is 0 Å². The summed E-state index contributed by atoms with van der Waals surface area (Å²) in [6.45, 7) is 0. The van der Waals surface area contributed by atoms with Gasteiger partial charge in [0.05, 0.1) is 7.11 Å². The van der Waals surface area contributed by atoms with Crippen molar-refractivity contribution in [1.29, 1.82) is 0 Å². The minimum Gasteiger partial charge on any atom is -0.497 e. The van der Waals surface area contributed by atoms with Crippen LogP contribution in [-0.2, 0) is 6.42 Å². The third-order valence-electron chi connectivity index (χ3n) is 2.49. The molecule has 17 heavy (non-hydrogen) atoms. The number of methoxy groups -OCH3 is 1. The van der Waals surface area contributed by atoms with Crippen LogP contribution in [0, 0.1) is 3.57 Å². The van der Waals surface area contributed by atoms with Crippen LogP contribution in [0.2, 0.25) is 0 Å². The van der Waals surface area contributed by atoms with E-state index in [1.807, 2.05) is 12.1 Å². The summed E-state index contributed by atoms with van der Waals surface area (Å²) in [5, 5.41) is 0. The zero-order valence-corrected chi connectivity index (χ0v) is 13.2. The van der Waals surface area contributed by atoms with Crippen LogP contribution in [0.15, 0.2) is 46.9 Å². The van der Waals surface area contributed by atoms with E-state index in [2.05, 4.69) is 68.9 Å². The second kappa shape index (κ2) is 5.87. The molecule has 0 saturated heterocycles. The van der Waals surface area contributed by atoms with Gasteiger partial charge in [0.2, 0.25) is 0 Å². The van der Waals surface area contributed by atoms with E-state index in [0.29, 0.717) is 0 Å². The molecule has 0 fully saturated rings. The van der Waals surface area contributed by atoms with Gasteiger partial charge in [0.1, 0.15) is 5.75 Å². The fraction of sp³-hybridized carbons (Fsp3) is 0.143. The number of hydrogen-bond acceptors (Lipinski definition) is 1. The smallest absolute Gasteiger partial charge is 0.118 e. The summed E-state index contributed by atoms with van der Waals surface area (Å²) in [6.07, 6.45) is 0.944. The molecule has 0 saturated carbocycles. The summed E-state index contributed by atoms with van der Waals surface area (Å²) in [7, 11) is 1.69. The van der Waals surface area contributed by atoms with E-state index in [0.717, 1.165) is 16.6 Å². The fourth-order valence-electron chi connectivity index (χ4n) is 1.69. The van der Waals surface area contributed by atoms with E-state index in [9.17, 15) is 0 Å². The monoisotopic (exact) mass is 402 g/mol.